The van der Waals surface area contributed by atoms with E-state index >= 15 is 0 Å². The Bertz CT molecular complexity index is 1640. The quantitative estimate of drug-likeness (QED) is 0.133. The number of anilines is 1. The number of unbranched alkanes of at least 4 members (excludes halogenated alkanes) is 2. The molecule has 0 bridgehead atoms. The molecule has 0 radical (unpaired) electrons. The fraction of sp³-hybridized carbons (Fsp3) is 0.258. The Morgan fingerprint density at radius 1 is 1.05 bits per heavy atom. The lowest BCUT2D eigenvalue weighted by Gasteiger charge is -2.18. The van der Waals surface area contributed by atoms with Gasteiger partial charge in [-0.15, -0.1) is 18.3 Å². The highest BCUT2D eigenvalue weighted by Crippen LogP contribution is 2.30. The fourth-order valence-corrected chi connectivity index (χ4v) is 5.80. The number of nitrogens with zero attached hydrogens (tertiary/aromatic N) is 5. The Balaban J connectivity index is 1.11. The van der Waals surface area contributed by atoms with Gasteiger partial charge in [-0.2, -0.15) is 0 Å². The van der Waals surface area contributed by atoms with Crippen molar-refractivity contribution in [1.82, 2.24) is 14.8 Å². The summed E-state index contributed by atoms with van der Waals surface area (Å²) < 4.78 is 42.7. The van der Waals surface area contributed by atoms with E-state index in [-0.39, 0.29) is 11.7 Å². The Morgan fingerprint density at radius 3 is 2.60 bits per heavy atom. The number of thiocarbonyl (C=S) groups is 1. The third-order valence-corrected chi connectivity index (χ3v) is 7.93. The number of alkyl halides is 3. The Morgan fingerprint density at radius 2 is 1.84 bits per heavy atom. The molecule has 1 amide bonds. The van der Waals surface area contributed by atoms with Gasteiger partial charge < -0.3 is 4.74 Å². The number of carbonyl (C=O) groups is 1. The molecule has 0 atom stereocenters. The van der Waals surface area contributed by atoms with Crippen molar-refractivity contribution in [2.45, 2.75) is 45.4 Å². The number of aliphatic imine (C=N–C) groups is 1. The summed E-state index contributed by atoms with van der Waals surface area (Å²) >= 11 is 6.96. The first-order chi connectivity index (χ1) is 20.7. The summed E-state index contributed by atoms with van der Waals surface area (Å²) in [6.45, 7) is 1.98. The predicted octanol–water partition coefficient (Wildman–Crippen LogP) is 7.71. The number of amidine groups is 1. The molecule has 43 heavy (non-hydrogen) atoms. The van der Waals surface area contributed by atoms with Crippen LogP contribution >= 0.6 is 24.0 Å². The molecule has 0 N–H and O–H groups in total. The van der Waals surface area contributed by atoms with Crippen molar-refractivity contribution < 1.29 is 22.7 Å². The predicted molar refractivity (Wildman–Crippen MR) is 167 cm³/mol. The van der Waals surface area contributed by atoms with Crippen LogP contribution in [-0.2, 0) is 11.2 Å². The molecule has 0 saturated carbocycles. The molecular weight excluding hydrogens is 596 g/mol. The number of aromatic nitrogens is 3. The zero-order valence-electron chi connectivity index (χ0n) is 23.3. The van der Waals surface area contributed by atoms with Crippen LogP contribution in [0.15, 0.2) is 84.1 Å². The van der Waals surface area contributed by atoms with Gasteiger partial charge in [-0.25, -0.2) is 14.7 Å². The summed E-state index contributed by atoms with van der Waals surface area (Å²) in [5.74, 6) is 0.593. The molecule has 1 aliphatic heterocycles. The van der Waals surface area contributed by atoms with E-state index in [2.05, 4.69) is 25.9 Å². The highest BCUT2D eigenvalue weighted by molar-refractivity contribution is 8.15. The average Bonchev–Trinajstić information content (AvgIpc) is 3.60. The van der Waals surface area contributed by atoms with Crippen LogP contribution < -0.4 is 9.64 Å². The highest BCUT2D eigenvalue weighted by Gasteiger charge is 2.31. The molecule has 222 valence electrons. The summed E-state index contributed by atoms with van der Waals surface area (Å²) in [6, 6.07) is 21.2. The molecule has 3 aromatic carbocycles. The van der Waals surface area contributed by atoms with Crippen molar-refractivity contribution in [1.29, 1.82) is 0 Å². The van der Waals surface area contributed by atoms with Crippen molar-refractivity contribution in [2.24, 2.45) is 4.99 Å². The van der Waals surface area contributed by atoms with Gasteiger partial charge in [0.15, 0.2) is 11.0 Å². The van der Waals surface area contributed by atoms with Crippen LogP contribution in [0.4, 0.5) is 18.9 Å². The van der Waals surface area contributed by atoms with Crippen LogP contribution in [-0.4, -0.2) is 42.9 Å². The number of aryl methyl sites for hydroxylation is 2. The lowest BCUT2D eigenvalue weighted by molar-refractivity contribution is -0.274. The van der Waals surface area contributed by atoms with Gasteiger partial charge in [0.05, 0.1) is 17.1 Å². The van der Waals surface area contributed by atoms with Gasteiger partial charge >= 0.3 is 6.36 Å². The summed E-state index contributed by atoms with van der Waals surface area (Å²) in [5, 5.41) is 5.13. The van der Waals surface area contributed by atoms with Crippen molar-refractivity contribution in [3.05, 3.63) is 90.3 Å². The maximum absolute atomic E-state index is 12.5. The first kappa shape index (κ1) is 30.4. The van der Waals surface area contributed by atoms with Gasteiger partial charge in [0.1, 0.15) is 17.1 Å². The lowest BCUT2D eigenvalue weighted by atomic mass is 10.0. The lowest BCUT2D eigenvalue weighted by Crippen LogP contribution is -2.30. The van der Waals surface area contributed by atoms with Crippen LogP contribution in [0, 0.1) is 6.92 Å². The molecule has 4 aromatic rings. The summed E-state index contributed by atoms with van der Waals surface area (Å²) in [7, 11) is 0. The van der Waals surface area contributed by atoms with Crippen molar-refractivity contribution in [3.8, 4) is 22.8 Å². The van der Waals surface area contributed by atoms with Crippen LogP contribution in [0.1, 0.15) is 36.8 Å². The van der Waals surface area contributed by atoms with Crippen LogP contribution in [0.3, 0.4) is 0 Å². The standard InChI is InChI=1S/C31H28F3N5O2S2/c1-21-8-5-6-12-26(21)39-28(40)19-43-30(39)36-27(42)13-4-2-3-9-22-10-7-11-23(18-22)29-35-20-38(37-29)24-14-16-25(17-15-24)41-31(32,33)34/h5-8,10-12,14-18,20H,2-4,9,13,19H2,1H3. The number of carbonyl (C=O) groups excluding carboxylic acids is 1. The maximum atomic E-state index is 12.5. The molecule has 0 aliphatic carbocycles. The summed E-state index contributed by atoms with van der Waals surface area (Å²) in [4.78, 5) is 23.8. The fourth-order valence-electron chi connectivity index (χ4n) is 4.63. The van der Waals surface area contributed by atoms with Gasteiger partial charge in [-0.05, 0) is 73.7 Å². The zero-order valence-corrected chi connectivity index (χ0v) is 24.9. The van der Waals surface area contributed by atoms with Crippen LogP contribution in [0.2, 0.25) is 0 Å². The van der Waals surface area contributed by atoms with E-state index in [1.54, 1.807) is 4.90 Å². The largest absolute Gasteiger partial charge is 0.573 e. The molecule has 1 fully saturated rings. The number of ether oxygens (including phenoxy) is 1. The number of amides is 1. The average molecular weight is 624 g/mol. The number of hydrogen-bond acceptors (Lipinski definition) is 6. The summed E-state index contributed by atoms with van der Waals surface area (Å²) in [5.41, 5.74) is 4.43. The molecule has 1 aromatic heterocycles. The molecule has 1 saturated heterocycles. The first-order valence-corrected chi connectivity index (χ1v) is 15.1. The molecule has 12 heteroatoms. The smallest absolute Gasteiger partial charge is 0.406 e. The van der Waals surface area contributed by atoms with Crippen molar-refractivity contribution in [3.63, 3.8) is 0 Å². The number of benzene rings is 3. The van der Waals surface area contributed by atoms with Crippen molar-refractivity contribution in [2.75, 3.05) is 10.7 Å². The maximum Gasteiger partial charge on any atom is 0.573 e. The minimum absolute atomic E-state index is 0.0126. The topological polar surface area (TPSA) is 72.6 Å². The molecular formula is C31H28F3N5O2S2. The molecule has 0 unspecified atom stereocenters. The SMILES string of the molecule is Cc1ccccc1N1C(=O)CSC1=NC(=S)CCCCCc1cccc(-c2ncn(-c3ccc(OC(F)(F)F)cc3)n2)c1. The highest BCUT2D eigenvalue weighted by atomic mass is 32.2. The molecule has 2 heterocycles. The van der Waals surface area contributed by atoms with Gasteiger partial charge in [-0.1, -0.05) is 66.8 Å². The number of hydrogen-bond donors (Lipinski definition) is 0. The van der Waals surface area contributed by atoms with Gasteiger partial charge in [-0.3, -0.25) is 9.69 Å². The second kappa shape index (κ2) is 13.5. The minimum atomic E-state index is -4.74. The molecule has 0 spiro atoms. The zero-order chi connectivity index (χ0) is 30.4. The number of para-hydroxylation sites is 1. The minimum Gasteiger partial charge on any atom is -0.406 e. The van der Waals surface area contributed by atoms with Gasteiger partial charge in [0.2, 0.25) is 5.91 Å². The van der Waals surface area contributed by atoms with Crippen molar-refractivity contribution >= 4 is 45.7 Å². The number of halogens is 3. The molecule has 1 aliphatic rings. The normalized spacial score (nSPS) is 14.5. The number of thioether (sulfide) groups is 1. The van der Waals surface area contributed by atoms with Gasteiger partial charge in [0.25, 0.3) is 0 Å². The summed E-state index contributed by atoms with van der Waals surface area (Å²) in [6.07, 6.45) is 1.19. The monoisotopic (exact) mass is 623 g/mol. The Labute approximate surface area is 256 Å². The van der Waals surface area contributed by atoms with E-state index in [0.29, 0.717) is 33.8 Å². The second-order valence-electron chi connectivity index (χ2n) is 9.91. The van der Waals surface area contributed by atoms with E-state index in [1.165, 1.54) is 47.0 Å². The number of rotatable bonds is 10. The first-order valence-electron chi connectivity index (χ1n) is 13.7. The molecule has 7 nitrogen and oxygen atoms in total. The third-order valence-electron chi connectivity index (χ3n) is 6.71. The van der Waals surface area contributed by atoms with E-state index in [0.717, 1.165) is 48.1 Å². The van der Waals surface area contributed by atoms with E-state index in [9.17, 15) is 18.0 Å². The third kappa shape index (κ3) is 8.08. The Hall–Kier alpha value is -4.03. The van der Waals surface area contributed by atoms with E-state index in [1.807, 2.05) is 49.4 Å². The van der Waals surface area contributed by atoms with Crippen LogP contribution in [0.25, 0.3) is 17.1 Å². The second-order valence-corrected chi connectivity index (χ2v) is 11.3. The van der Waals surface area contributed by atoms with E-state index < -0.39 is 6.36 Å². The van der Waals surface area contributed by atoms with Crippen LogP contribution in [0.5, 0.6) is 5.75 Å². The van der Waals surface area contributed by atoms with E-state index in [4.69, 9.17) is 12.2 Å². The Kier molecular flexibility index (Phi) is 9.56. The molecule has 5 rings (SSSR count). The van der Waals surface area contributed by atoms with Gasteiger partial charge in [0, 0.05) is 12.0 Å².